The summed E-state index contributed by atoms with van der Waals surface area (Å²) in [6.45, 7) is 10.0. The fourth-order valence-corrected chi connectivity index (χ4v) is 6.71. The first-order valence-corrected chi connectivity index (χ1v) is 22.0. The Labute approximate surface area is 352 Å². The highest BCUT2D eigenvalue weighted by Gasteiger charge is 2.23. The molecule has 0 unspecified atom stereocenters. The van der Waals surface area contributed by atoms with Crippen LogP contribution in [-0.4, -0.2) is 62.8 Å². The van der Waals surface area contributed by atoms with Gasteiger partial charge in [0.1, 0.15) is 0 Å². The van der Waals surface area contributed by atoms with Gasteiger partial charge in [0, 0.05) is 36.1 Å². The lowest BCUT2D eigenvalue weighted by Crippen LogP contribution is -2.43. The normalized spacial score (nSPS) is 11.0. The average molecular weight is 845 g/mol. The van der Waals surface area contributed by atoms with Crippen LogP contribution in [-0.2, 0) is 0 Å². The maximum absolute atomic E-state index is 12.8. The van der Waals surface area contributed by atoms with Gasteiger partial charge in [-0.3, -0.25) is 9.59 Å². The molecule has 3 N–H and O–H groups in total. The van der Waals surface area contributed by atoms with Gasteiger partial charge in [0.05, 0.1) is 21.8 Å². The molecule has 4 aromatic rings. The van der Waals surface area contributed by atoms with Crippen molar-refractivity contribution in [2.45, 2.75) is 143 Å². The minimum Gasteiger partial charge on any atom is -0.389 e. The number of ether oxygens (including phenoxy) is 1. The number of amides is 3. The lowest BCUT2D eigenvalue weighted by Gasteiger charge is -2.12. The molecule has 4 rings (SSSR count). The highest BCUT2D eigenvalue weighted by molar-refractivity contribution is 6.31. The molecule has 0 aliphatic rings. The summed E-state index contributed by atoms with van der Waals surface area (Å²) in [5.74, 6) is 0.00523. The fraction of sp³-hybridized carbons (Fsp3) is 0.581. The Hall–Kier alpha value is -4.36. The van der Waals surface area contributed by atoms with Gasteiger partial charge in [0.25, 0.3) is 11.4 Å². The second kappa shape index (κ2) is 26.6. The summed E-state index contributed by atoms with van der Waals surface area (Å²) in [7, 11) is 0. The maximum Gasteiger partial charge on any atom is 0.414 e. The Morgan fingerprint density at radius 2 is 1.05 bits per heavy atom. The Kier molecular flexibility index (Phi) is 22.0. The second-order valence-corrected chi connectivity index (χ2v) is 15.4. The molecule has 2 heterocycles. The maximum atomic E-state index is 12.8. The standard InChI is InChI=1S/C22H32ClN3O3.C21H31ClN4O3/c1-3-5-7-9-10-12-20(27)26-19-16-17(23)13-14-18(19)21(25-26)29-22(28)24-15-11-8-6-4-2;1-3-5-7-9-13-23-20(28)25-18-15-16(22)11-12-17(18)19(27)26(25)21(29)24-14-10-8-6-4-2/h13-14,16H,3-12,15H2,1-2H3,(H,24,28);11-12,15H,3-10,13-14H2,1-2H3,(H,23,28)(H,24,29). The largest absolute Gasteiger partial charge is 0.414 e. The summed E-state index contributed by atoms with van der Waals surface area (Å²) in [5.41, 5.74) is 0.334. The van der Waals surface area contributed by atoms with Gasteiger partial charge >= 0.3 is 18.2 Å². The summed E-state index contributed by atoms with van der Waals surface area (Å²) in [6, 6.07) is 8.60. The fourth-order valence-electron chi connectivity index (χ4n) is 6.38. The Bertz CT molecular complexity index is 1970. The number of carbonyl (C=O) groups excluding carboxylic acids is 4. The summed E-state index contributed by atoms with van der Waals surface area (Å²) in [5, 5.41) is 14.3. The molecule has 58 heavy (non-hydrogen) atoms. The molecule has 13 nitrogen and oxygen atoms in total. The molecule has 0 radical (unpaired) electrons. The summed E-state index contributed by atoms with van der Waals surface area (Å²) in [6.07, 6.45) is 17.5. The van der Waals surface area contributed by atoms with Crippen LogP contribution in [0.4, 0.5) is 14.4 Å². The van der Waals surface area contributed by atoms with Crippen LogP contribution in [0.25, 0.3) is 21.8 Å². The zero-order valence-corrected chi connectivity index (χ0v) is 36.3. The molecule has 0 fully saturated rings. The van der Waals surface area contributed by atoms with Crippen LogP contribution in [0.3, 0.4) is 0 Å². The molecule has 0 aliphatic heterocycles. The van der Waals surface area contributed by atoms with Gasteiger partial charge < -0.3 is 20.7 Å². The zero-order valence-electron chi connectivity index (χ0n) is 34.8. The molecular formula is C43H63Cl2N7O6. The van der Waals surface area contributed by atoms with Crippen LogP contribution in [0.5, 0.6) is 5.88 Å². The topological polar surface area (TPSA) is 158 Å². The number of aromatic nitrogens is 4. The van der Waals surface area contributed by atoms with Crippen molar-refractivity contribution in [3.8, 4) is 5.88 Å². The van der Waals surface area contributed by atoms with Crippen molar-refractivity contribution in [1.29, 1.82) is 0 Å². The first kappa shape index (κ1) is 48.0. The second-order valence-electron chi connectivity index (χ2n) is 14.5. The third-order valence-corrected chi connectivity index (χ3v) is 10.1. The van der Waals surface area contributed by atoms with E-state index in [1.54, 1.807) is 24.3 Å². The number of carbonyl (C=O) groups is 4. The van der Waals surface area contributed by atoms with Crippen LogP contribution >= 0.6 is 23.2 Å². The number of hydrogen-bond acceptors (Lipinski definition) is 7. The minimum atomic E-state index is -0.611. The van der Waals surface area contributed by atoms with E-state index in [4.69, 9.17) is 27.9 Å². The van der Waals surface area contributed by atoms with Gasteiger partial charge in [0.15, 0.2) is 0 Å². The number of fused-ring (bicyclic) bond motifs is 2. The van der Waals surface area contributed by atoms with Crippen molar-refractivity contribution in [2.24, 2.45) is 0 Å². The Morgan fingerprint density at radius 1 is 0.586 bits per heavy atom. The lowest BCUT2D eigenvalue weighted by atomic mass is 10.1. The monoisotopic (exact) mass is 843 g/mol. The Morgan fingerprint density at radius 3 is 1.60 bits per heavy atom. The van der Waals surface area contributed by atoms with Crippen LogP contribution < -0.4 is 26.2 Å². The van der Waals surface area contributed by atoms with Gasteiger partial charge in [-0.15, -0.1) is 5.10 Å². The molecule has 0 bridgehead atoms. The van der Waals surface area contributed by atoms with E-state index in [1.807, 2.05) is 0 Å². The molecule has 0 saturated carbocycles. The molecule has 3 amide bonds. The number of halogens is 2. The summed E-state index contributed by atoms with van der Waals surface area (Å²) in [4.78, 5) is 63.1. The molecule has 320 valence electrons. The highest BCUT2D eigenvalue weighted by Crippen LogP contribution is 2.28. The van der Waals surface area contributed by atoms with Crippen LogP contribution in [0, 0.1) is 0 Å². The van der Waals surface area contributed by atoms with Crippen LogP contribution in [0.2, 0.25) is 10.0 Å². The molecule has 2 aromatic heterocycles. The van der Waals surface area contributed by atoms with Gasteiger partial charge in [-0.1, -0.05) is 134 Å². The van der Waals surface area contributed by atoms with E-state index < -0.39 is 23.7 Å². The quantitative estimate of drug-likeness (QED) is 0.0664. The van der Waals surface area contributed by atoms with Gasteiger partial charge in [-0.2, -0.15) is 14.0 Å². The van der Waals surface area contributed by atoms with E-state index in [9.17, 15) is 24.0 Å². The molecule has 15 heteroatoms. The zero-order chi connectivity index (χ0) is 42.3. The SMILES string of the molecule is CCCCCCCC(=O)n1nc(OC(=O)NCCCCCC)c2ccc(Cl)cc21.CCCCCCNC(=O)n1c(=O)c2ccc(Cl)cc2n1C(=O)NCCCCCC. The number of benzene rings is 2. The number of nitrogens with zero attached hydrogens (tertiary/aromatic N) is 4. The highest BCUT2D eigenvalue weighted by atomic mass is 35.5. The predicted molar refractivity (Wildman–Crippen MR) is 234 cm³/mol. The van der Waals surface area contributed by atoms with Crippen molar-refractivity contribution in [1.82, 2.24) is 35.1 Å². The minimum absolute atomic E-state index is 0.122. The molecule has 2 aromatic carbocycles. The van der Waals surface area contributed by atoms with Crippen molar-refractivity contribution >= 4 is 69.1 Å². The smallest absolute Gasteiger partial charge is 0.389 e. The molecular weight excluding hydrogens is 781 g/mol. The molecule has 0 aliphatic carbocycles. The first-order chi connectivity index (χ1) is 28.1. The number of hydrogen-bond donors (Lipinski definition) is 3. The van der Waals surface area contributed by atoms with Crippen LogP contribution in [0.1, 0.15) is 148 Å². The summed E-state index contributed by atoms with van der Waals surface area (Å²) < 4.78 is 8.65. The third-order valence-electron chi connectivity index (χ3n) is 9.64. The van der Waals surface area contributed by atoms with E-state index in [1.165, 1.54) is 23.2 Å². The summed E-state index contributed by atoms with van der Waals surface area (Å²) >= 11 is 12.2. The number of rotatable bonds is 22. The van der Waals surface area contributed by atoms with Crippen molar-refractivity contribution in [3.63, 3.8) is 0 Å². The molecule has 0 saturated heterocycles. The van der Waals surface area contributed by atoms with E-state index in [-0.39, 0.29) is 17.2 Å². The third kappa shape index (κ3) is 15.1. The van der Waals surface area contributed by atoms with Gasteiger partial charge in [-0.25, -0.2) is 14.4 Å². The Balaban J connectivity index is 0.000000310. The van der Waals surface area contributed by atoms with Gasteiger partial charge in [0.2, 0.25) is 5.91 Å². The predicted octanol–water partition coefficient (Wildman–Crippen LogP) is 11.1. The number of nitrogens with one attached hydrogen (secondary N) is 3. The molecule has 0 atom stereocenters. The van der Waals surface area contributed by atoms with Gasteiger partial charge in [-0.05, 0) is 62.1 Å². The number of unbranched alkanes of at least 4 members (excludes halogenated alkanes) is 13. The van der Waals surface area contributed by atoms with Crippen molar-refractivity contribution < 1.29 is 23.9 Å². The average Bonchev–Trinajstić information content (AvgIpc) is 3.70. The van der Waals surface area contributed by atoms with Crippen molar-refractivity contribution in [3.05, 3.63) is 56.8 Å². The van der Waals surface area contributed by atoms with E-state index >= 15 is 0 Å². The van der Waals surface area contributed by atoms with Crippen molar-refractivity contribution in [2.75, 3.05) is 19.6 Å². The van der Waals surface area contributed by atoms with Crippen LogP contribution in [0.15, 0.2) is 41.2 Å². The van der Waals surface area contributed by atoms with E-state index in [0.717, 1.165) is 112 Å². The van der Waals surface area contributed by atoms with E-state index in [0.29, 0.717) is 52.5 Å². The van der Waals surface area contributed by atoms with E-state index in [2.05, 4.69) is 48.7 Å². The molecule has 0 spiro atoms. The first-order valence-electron chi connectivity index (χ1n) is 21.2. The lowest BCUT2D eigenvalue weighted by molar-refractivity contribution is 0.0886.